The van der Waals surface area contributed by atoms with Gasteiger partial charge < -0.3 is 10.8 Å². The third-order valence-corrected chi connectivity index (χ3v) is 2.71. The van der Waals surface area contributed by atoms with Crippen molar-refractivity contribution in [3.8, 4) is 0 Å². The van der Waals surface area contributed by atoms with E-state index in [1.165, 1.54) is 0 Å². The van der Waals surface area contributed by atoms with E-state index in [4.69, 9.17) is 5.73 Å². The maximum Gasteiger partial charge on any atom is 0.0719 e. The number of aliphatic hydroxyl groups is 1. The summed E-state index contributed by atoms with van der Waals surface area (Å²) in [6, 6.07) is -0.0510. The Balaban J connectivity index is 3.98. The van der Waals surface area contributed by atoms with E-state index in [-0.39, 0.29) is 12.1 Å². The Labute approximate surface area is 82.5 Å². The number of rotatable bonds is 6. The van der Waals surface area contributed by atoms with Crippen LogP contribution in [-0.2, 0) is 0 Å². The zero-order chi connectivity index (χ0) is 10.4. The van der Waals surface area contributed by atoms with Crippen molar-refractivity contribution >= 4 is 0 Å². The molecule has 0 aromatic heterocycles. The van der Waals surface area contributed by atoms with Crippen LogP contribution in [0.4, 0.5) is 0 Å². The Morgan fingerprint density at radius 3 is 1.92 bits per heavy atom. The maximum atomic E-state index is 9.90. The highest BCUT2D eigenvalue weighted by atomic mass is 16.3. The lowest BCUT2D eigenvalue weighted by Gasteiger charge is -2.26. The summed E-state index contributed by atoms with van der Waals surface area (Å²) >= 11 is 0. The molecule has 0 bridgehead atoms. The van der Waals surface area contributed by atoms with Crippen molar-refractivity contribution in [2.75, 3.05) is 0 Å². The Morgan fingerprint density at radius 2 is 1.62 bits per heavy atom. The van der Waals surface area contributed by atoms with E-state index >= 15 is 0 Å². The lowest BCUT2D eigenvalue weighted by molar-refractivity contribution is 0.0705. The minimum Gasteiger partial charge on any atom is -0.391 e. The fourth-order valence-electron chi connectivity index (χ4n) is 1.81. The van der Waals surface area contributed by atoms with Crippen molar-refractivity contribution in [1.82, 2.24) is 0 Å². The van der Waals surface area contributed by atoms with Crippen LogP contribution in [0.5, 0.6) is 0 Å². The van der Waals surface area contributed by atoms with Crippen molar-refractivity contribution in [2.24, 2.45) is 17.6 Å². The SMILES string of the molecule is CCC(CC)C(O)C(N)CC(C)C. The molecule has 0 heterocycles. The average molecular weight is 187 g/mol. The Bertz CT molecular complexity index is 121. The molecule has 0 fully saturated rings. The van der Waals surface area contributed by atoms with Crippen molar-refractivity contribution in [1.29, 1.82) is 0 Å². The van der Waals surface area contributed by atoms with Crippen molar-refractivity contribution in [2.45, 2.75) is 59.1 Å². The van der Waals surface area contributed by atoms with Crippen LogP contribution in [0.2, 0.25) is 0 Å². The highest BCUT2D eigenvalue weighted by molar-refractivity contribution is 4.78. The van der Waals surface area contributed by atoms with E-state index in [1.54, 1.807) is 0 Å². The first-order valence-electron chi connectivity index (χ1n) is 5.46. The Kier molecular flexibility index (Phi) is 6.35. The van der Waals surface area contributed by atoms with Crippen LogP contribution in [0.1, 0.15) is 47.0 Å². The van der Waals surface area contributed by atoms with Crippen LogP contribution in [0.3, 0.4) is 0 Å². The molecule has 0 saturated carbocycles. The normalized spacial score (nSPS) is 16.6. The first kappa shape index (κ1) is 12.9. The highest BCUT2D eigenvalue weighted by Gasteiger charge is 2.22. The van der Waals surface area contributed by atoms with Crippen LogP contribution in [0.15, 0.2) is 0 Å². The van der Waals surface area contributed by atoms with E-state index in [0.717, 1.165) is 19.3 Å². The van der Waals surface area contributed by atoms with E-state index in [0.29, 0.717) is 11.8 Å². The van der Waals surface area contributed by atoms with Crippen LogP contribution in [0.25, 0.3) is 0 Å². The molecule has 0 aliphatic heterocycles. The molecule has 2 nitrogen and oxygen atoms in total. The topological polar surface area (TPSA) is 46.2 Å². The molecule has 0 aliphatic carbocycles. The van der Waals surface area contributed by atoms with Gasteiger partial charge in [0.05, 0.1) is 6.10 Å². The molecule has 3 N–H and O–H groups in total. The standard InChI is InChI=1S/C11H25NO/c1-5-9(6-2)11(13)10(12)7-8(3)4/h8-11,13H,5-7,12H2,1-4H3. The second-order valence-corrected chi connectivity index (χ2v) is 4.36. The molecule has 0 radical (unpaired) electrons. The maximum absolute atomic E-state index is 9.90. The van der Waals surface area contributed by atoms with Gasteiger partial charge in [0.25, 0.3) is 0 Å². The van der Waals surface area contributed by atoms with Gasteiger partial charge in [-0.1, -0.05) is 40.5 Å². The summed E-state index contributed by atoms with van der Waals surface area (Å²) in [5, 5.41) is 9.90. The van der Waals surface area contributed by atoms with Gasteiger partial charge in [0.2, 0.25) is 0 Å². The minimum atomic E-state index is -0.322. The van der Waals surface area contributed by atoms with Gasteiger partial charge in [-0.3, -0.25) is 0 Å². The molecule has 0 aromatic rings. The fraction of sp³-hybridized carbons (Fsp3) is 1.00. The largest absolute Gasteiger partial charge is 0.391 e. The van der Waals surface area contributed by atoms with Crippen molar-refractivity contribution in [3.05, 3.63) is 0 Å². The lowest BCUT2D eigenvalue weighted by Crippen LogP contribution is -2.40. The Hall–Kier alpha value is -0.0800. The molecule has 0 saturated heterocycles. The van der Waals surface area contributed by atoms with E-state index in [9.17, 15) is 5.11 Å². The smallest absolute Gasteiger partial charge is 0.0719 e. The summed E-state index contributed by atoms with van der Waals surface area (Å²) in [5.74, 6) is 0.938. The van der Waals surface area contributed by atoms with Gasteiger partial charge in [0.15, 0.2) is 0 Å². The van der Waals surface area contributed by atoms with Gasteiger partial charge in [0.1, 0.15) is 0 Å². The average Bonchev–Trinajstić information content (AvgIpc) is 2.05. The predicted molar refractivity (Wildman–Crippen MR) is 57.5 cm³/mol. The highest BCUT2D eigenvalue weighted by Crippen LogP contribution is 2.18. The molecule has 2 unspecified atom stereocenters. The third-order valence-electron chi connectivity index (χ3n) is 2.71. The molecule has 0 spiro atoms. The summed E-state index contributed by atoms with van der Waals surface area (Å²) in [6.07, 6.45) is 2.63. The van der Waals surface area contributed by atoms with Crippen molar-refractivity contribution < 1.29 is 5.11 Å². The van der Waals surface area contributed by atoms with E-state index in [2.05, 4.69) is 27.7 Å². The second-order valence-electron chi connectivity index (χ2n) is 4.36. The minimum absolute atomic E-state index is 0.0510. The molecule has 0 aromatic carbocycles. The van der Waals surface area contributed by atoms with Gasteiger partial charge in [-0.2, -0.15) is 0 Å². The summed E-state index contributed by atoms with van der Waals surface area (Å²) in [4.78, 5) is 0. The first-order chi connectivity index (χ1) is 6.02. The van der Waals surface area contributed by atoms with E-state index < -0.39 is 0 Å². The van der Waals surface area contributed by atoms with Gasteiger partial charge in [-0.25, -0.2) is 0 Å². The predicted octanol–water partition coefficient (Wildman–Crippen LogP) is 2.16. The van der Waals surface area contributed by atoms with Gasteiger partial charge in [-0.05, 0) is 18.3 Å². The molecular formula is C11H25NO. The van der Waals surface area contributed by atoms with Crippen LogP contribution in [0, 0.1) is 11.8 Å². The fourth-order valence-corrected chi connectivity index (χ4v) is 1.81. The first-order valence-corrected chi connectivity index (χ1v) is 5.46. The summed E-state index contributed by atoms with van der Waals surface area (Å²) in [5.41, 5.74) is 5.92. The van der Waals surface area contributed by atoms with Gasteiger partial charge >= 0.3 is 0 Å². The van der Waals surface area contributed by atoms with Crippen LogP contribution in [-0.4, -0.2) is 17.3 Å². The molecular weight excluding hydrogens is 162 g/mol. The van der Waals surface area contributed by atoms with Crippen LogP contribution >= 0.6 is 0 Å². The quantitative estimate of drug-likeness (QED) is 0.669. The zero-order valence-corrected chi connectivity index (χ0v) is 9.46. The summed E-state index contributed by atoms with van der Waals surface area (Å²) in [7, 11) is 0. The zero-order valence-electron chi connectivity index (χ0n) is 9.46. The lowest BCUT2D eigenvalue weighted by atomic mass is 9.88. The van der Waals surface area contributed by atoms with E-state index in [1.807, 2.05) is 0 Å². The molecule has 0 aliphatic rings. The van der Waals surface area contributed by atoms with Crippen molar-refractivity contribution in [3.63, 3.8) is 0 Å². The molecule has 0 rings (SSSR count). The molecule has 0 amide bonds. The monoisotopic (exact) mass is 187 g/mol. The summed E-state index contributed by atoms with van der Waals surface area (Å²) in [6.45, 7) is 8.50. The number of nitrogens with two attached hydrogens (primary N) is 1. The molecule has 80 valence electrons. The number of hydrogen-bond acceptors (Lipinski definition) is 2. The molecule has 13 heavy (non-hydrogen) atoms. The second kappa shape index (κ2) is 6.39. The molecule has 2 atom stereocenters. The summed E-state index contributed by atoms with van der Waals surface area (Å²) < 4.78 is 0. The molecule has 2 heteroatoms. The Morgan fingerprint density at radius 1 is 1.15 bits per heavy atom. The number of hydrogen-bond donors (Lipinski definition) is 2. The number of aliphatic hydroxyl groups excluding tert-OH is 1. The third kappa shape index (κ3) is 4.63. The van der Waals surface area contributed by atoms with Crippen LogP contribution < -0.4 is 5.73 Å². The van der Waals surface area contributed by atoms with Gasteiger partial charge in [-0.15, -0.1) is 0 Å². The van der Waals surface area contributed by atoms with Gasteiger partial charge in [0, 0.05) is 6.04 Å².